The molecule has 2 amide bonds. The molecule has 0 unspecified atom stereocenters. The molecule has 0 radical (unpaired) electrons. The van der Waals surface area contributed by atoms with Crippen molar-refractivity contribution < 1.29 is 18.6 Å². The van der Waals surface area contributed by atoms with Crippen LogP contribution in [0, 0.1) is 0 Å². The Kier molecular flexibility index (Phi) is 6.23. The van der Waals surface area contributed by atoms with Crippen LogP contribution in [0.2, 0.25) is 0 Å². The highest BCUT2D eigenvalue weighted by Gasteiger charge is 2.34. The topological polar surface area (TPSA) is 40.6 Å². The molecule has 6 heteroatoms. The summed E-state index contributed by atoms with van der Waals surface area (Å²) >= 11 is 0. The molecule has 3 saturated heterocycles. The van der Waals surface area contributed by atoms with E-state index in [0.717, 1.165) is 35.1 Å². The van der Waals surface area contributed by atoms with Gasteiger partial charge >= 0.3 is 0 Å². The van der Waals surface area contributed by atoms with Crippen molar-refractivity contribution in [3.8, 4) is 0 Å². The van der Waals surface area contributed by atoms with Crippen molar-refractivity contribution in [3.63, 3.8) is 0 Å². The van der Waals surface area contributed by atoms with Gasteiger partial charge in [0.1, 0.15) is 0 Å². The van der Waals surface area contributed by atoms with E-state index in [1.807, 2.05) is 9.80 Å². The van der Waals surface area contributed by atoms with Crippen LogP contribution >= 0.6 is 0 Å². The zero-order chi connectivity index (χ0) is 18.6. The molecule has 3 fully saturated rings. The summed E-state index contributed by atoms with van der Waals surface area (Å²) in [7, 11) is 4.44. The van der Waals surface area contributed by atoms with Gasteiger partial charge in [-0.3, -0.25) is 9.59 Å². The highest BCUT2D eigenvalue weighted by molar-refractivity contribution is 5.79. The summed E-state index contributed by atoms with van der Waals surface area (Å²) < 4.78 is 1.79. The molecule has 3 aliphatic rings. The molecule has 0 aliphatic carbocycles. The standard InChI is InChI=1S/C20H38N4O2/c1-23(13-5-3-6-14-23)17-19(25)21-9-11-22(12-10-21)20(26)18-24(2)15-7-4-8-16-24/h3-18H2,1-2H3/q+2. The molecule has 6 nitrogen and oxygen atoms in total. The normalized spacial score (nSPS) is 25.8. The van der Waals surface area contributed by atoms with Crippen LogP contribution in [0.1, 0.15) is 38.5 Å². The second kappa shape index (κ2) is 8.26. The first-order valence-corrected chi connectivity index (χ1v) is 10.6. The maximum Gasteiger partial charge on any atom is 0.277 e. The Labute approximate surface area is 158 Å². The molecule has 0 spiro atoms. The maximum absolute atomic E-state index is 12.7. The molecule has 0 N–H and O–H groups in total. The van der Waals surface area contributed by atoms with Crippen LogP contribution in [-0.4, -0.2) is 110 Å². The van der Waals surface area contributed by atoms with E-state index in [2.05, 4.69) is 14.1 Å². The molecule has 0 aromatic rings. The molecule has 0 bridgehead atoms. The van der Waals surface area contributed by atoms with Crippen LogP contribution in [0.3, 0.4) is 0 Å². The van der Waals surface area contributed by atoms with Crippen molar-refractivity contribution in [2.24, 2.45) is 0 Å². The summed E-state index contributed by atoms with van der Waals surface area (Å²) in [6.07, 6.45) is 7.57. The Hall–Kier alpha value is -1.14. The molecule has 0 aromatic heterocycles. The number of rotatable bonds is 4. The summed E-state index contributed by atoms with van der Waals surface area (Å²) in [5.41, 5.74) is 0. The summed E-state index contributed by atoms with van der Waals surface area (Å²) in [5, 5.41) is 0. The lowest BCUT2D eigenvalue weighted by Crippen LogP contribution is -2.59. The Balaban J connectivity index is 1.44. The molecule has 3 aliphatic heterocycles. The number of piperidine rings is 2. The van der Waals surface area contributed by atoms with Crippen LogP contribution in [0.5, 0.6) is 0 Å². The minimum absolute atomic E-state index is 0.275. The number of quaternary nitrogens is 2. The molecular formula is C20H38N4O2+2. The van der Waals surface area contributed by atoms with Gasteiger partial charge in [-0.1, -0.05) is 0 Å². The van der Waals surface area contributed by atoms with E-state index in [1.54, 1.807) is 0 Å². The molecular weight excluding hydrogens is 328 g/mol. The van der Waals surface area contributed by atoms with Crippen LogP contribution in [0.25, 0.3) is 0 Å². The third-order valence-corrected chi connectivity index (χ3v) is 6.81. The van der Waals surface area contributed by atoms with E-state index in [0.29, 0.717) is 39.3 Å². The number of carbonyl (C=O) groups is 2. The first-order chi connectivity index (χ1) is 12.4. The van der Waals surface area contributed by atoms with Crippen molar-refractivity contribution in [3.05, 3.63) is 0 Å². The van der Waals surface area contributed by atoms with Gasteiger partial charge in [0, 0.05) is 26.2 Å². The van der Waals surface area contributed by atoms with Crippen LogP contribution in [0.15, 0.2) is 0 Å². The predicted octanol–water partition coefficient (Wildman–Crippen LogP) is 0.918. The van der Waals surface area contributed by atoms with E-state index in [4.69, 9.17) is 0 Å². The number of likely N-dealkylation sites (tertiary alicyclic amines) is 2. The zero-order valence-corrected chi connectivity index (χ0v) is 16.9. The van der Waals surface area contributed by atoms with Gasteiger partial charge in [0.2, 0.25) is 0 Å². The number of carbonyl (C=O) groups excluding carboxylic acids is 2. The van der Waals surface area contributed by atoms with Gasteiger partial charge in [-0.25, -0.2) is 0 Å². The van der Waals surface area contributed by atoms with Crippen LogP contribution in [0.4, 0.5) is 0 Å². The summed E-state index contributed by atoms with van der Waals surface area (Å²) in [5.74, 6) is 0.549. The van der Waals surface area contributed by atoms with E-state index in [-0.39, 0.29) is 11.8 Å². The van der Waals surface area contributed by atoms with E-state index in [9.17, 15) is 9.59 Å². The minimum Gasteiger partial charge on any atom is -0.334 e. The van der Waals surface area contributed by atoms with Gasteiger partial charge in [0.25, 0.3) is 11.8 Å². The van der Waals surface area contributed by atoms with E-state index >= 15 is 0 Å². The van der Waals surface area contributed by atoms with Gasteiger partial charge in [0.05, 0.1) is 40.3 Å². The van der Waals surface area contributed by atoms with Gasteiger partial charge < -0.3 is 18.8 Å². The van der Waals surface area contributed by atoms with Crippen molar-refractivity contribution in [1.82, 2.24) is 9.80 Å². The lowest BCUT2D eigenvalue weighted by molar-refractivity contribution is -0.906. The van der Waals surface area contributed by atoms with Gasteiger partial charge in [-0.2, -0.15) is 0 Å². The summed E-state index contributed by atoms with van der Waals surface area (Å²) in [6.45, 7) is 8.57. The van der Waals surface area contributed by atoms with Gasteiger partial charge in [0.15, 0.2) is 13.1 Å². The van der Waals surface area contributed by atoms with Crippen LogP contribution in [-0.2, 0) is 9.59 Å². The highest BCUT2D eigenvalue weighted by atomic mass is 16.2. The average molecular weight is 367 g/mol. The molecule has 0 aromatic carbocycles. The second-order valence-electron chi connectivity index (χ2n) is 9.33. The molecule has 26 heavy (non-hydrogen) atoms. The number of hydrogen-bond acceptors (Lipinski definition) is 2. The quantitative estimate of drug-likeness (QED) is 0.694. The van der Waals surface area contributed by atoms with Crippen LogP contribution < -0.4 is 0 Å². The molecule has 3 heterocycles. The lowest BCUT2D eigenvalue weighted by Gasteiger charge is -2.41. The molecule has 0 atom stereocenters. The first kappa shape index (κ1) is 19.6. The minimum atomic E-state index is 0.275. The van der Waals surface area contributed by atoms with Crippen molar-refractivity contribution in [1.29, 1.82) is 0 Å². The fourth-order valence-electron chi connectivity index (χ4n) is 4.93. The Morgan fingerprint density at radius 2 is 0.923 bits per heavy atom. The van der Waals surface area contributed by atoms with Gasteiger partial charge in [-0.05, 0) is 38.5 Å². The maximum atomic E-state index is 12.7. The van der Waals surface area contributed by atoms with Gasteiger partial charge in [-0.15, -0.1) is 0 Å². The highest BCUT2D eigenvalue weighted by Crippen LogP contribution is 2.18. The Bertz CT molecular complexity index is 456. The smallest absolute Gasteiger partial charge is 0.277 e. The van der Waals surface area contributed by atoms with E-state index in [1.165, 1.54) is 38.5 Å². The zero-order valence-electron chi connectivity index (χ0n) is 16.9. The lowest BCUT2D eigenvalue weighted by atomic mass is 10.1. The fourth-order valence-corrected chi connectivity index (χ4v) is 4.93. The number of nitrogens with zero attached hydrogens (tertiary/aromatic N) is 4. The molecule has 3 rings (SSSR count). The number of piperazine rings is 1. The molecule has 0 saturated carbocycles. The Morgan fingerprint density at radius 3 is 1.23 bits per heavy atom. The SMILES string of the molecule is C[N+]1(CC(=O)N2CCN(C(=O)C[N+]3(C)CCCCC3)CC2)CCCCC1. The Morgan fingerprint density at radius 1 is 0.615 bits per heavy atom. The fraction of sp³-hybridized carbons (Fsp3) is 0.900. The third-order valence-electron chi connectivity index (χ3n) is 6.81. The predicted molar refractivity (Wildman–Crippen MR) is 102 cm³/mol. The third kappa shape index (κ3) is 4.97. The molecule has 148 valence electrons. The number of hydrogen-bond donors (Lipinski definition) is 0. The van der Waals surface area contributed by atoms with Crippen molar-refractivity contribution >= 4 is 11.8 Å². The average Bonchev–Trinajstić information content (AvgIpc) is 2.62. The first-order valence-electron chi connectivity index (χ1n) is 10.6. The van der Waals surface area contributed by atoms with Crippen molar-refractivity contribution in [2.45, 2.75) is 38.5 Å². The number of amides is 2. The second-order valence-corrected chi connectivity index (χ2v) is 9.33. The van der Waals surface area contributed by atoms with E-state index < -0.39 is 0 Å². The summed E-state index contributed by atoms with van der Waals surface area (Å²) in [4.78, 5) is 29.4. The largest absolute Gasteiger partial charge is 0.334 e. The van der Waals surface area contributed by atoms with Crippen molar-refractivity contribution in [2.75, 3.05) is 79.5 Å². The number of likely N-dealkylation sites (N-methyl/N-ethyl adjacent to an activating group) is 2. The monoisotopic (exact) mass is 366 g/mol. The summed E-state index contributed by atoms with van der Waals surface area (Å²) in [6, 6.07) is 0.